The Kier molecular flexibility index (Phi) is 9.46. The minimum Gasteiger partial charge on any atom is -0.494 e. The predicted octanol–water partition coefficient (Wildman–Crippen LogP) is 5.21. The summed E-state index contributed by atoms with van der Waals surface area (Å²) in [5, 5.41) is 22.1. The molecule has 3 aromatic carbocycles. The van der Waals surface area contributed by atoms with Crippen molar-refractivity contribution in [1.29, 1.82) is 0 Å². The lowest BCUT2D eigenvalue weighted by atomic mass is 10.2. The SMILES string of the molecule is CCN(CCOS(=O)(=O)c1ccccc1)c1ccc(N=Nc2ccc([N+](=O)[O-])cc2OC)c(NC(C)=O)c1. The molecule has 0 atom stereocenters. The van der Waals surface area contributed by atoms with Crippen LogP contribution in [0.25, 0.3) is 0 Å². The fraction of sp³-hybridized carbons (Fsp3) is 0.240. The normalized spacial score (nSPS) is 11.3. The monoisotopic (exact) mass is 541 g/mol. The van der Waals surface area contributed by atoms with E-state index in [-0.39, 0.29) is 41.1 Å². The van der Waals surface area contributed by atoms with Crippen LogP contribution in [0.1, 0.15) is 13.8 Å². The lowest BCUT2D eigenvalue weighted by Crippen LogP contribution is -2.28. The van der Waals surface area contributed by atoms with Gasteiger partial charge in [0.25, 0.3) is 15.8 Å². The number of methoxy groups -OCH3 is 1. The molecular formula is C25H27N5O7S. The zero-order valence-electron chi connectivity index (χ0n) is 21.0. The highest BCUT2D eigenvalue weighted by Crippen LogP contribution is 2.35. The van der Waals surface area contributed by atoms with Crippen molar-refractivity contribution in [3.8, 4) is 5.75 Å². The molecule has 0 aliphatic carbocycles. The van der Waals surface area contributed by atoms with Gasteiger partial charge in [-0.1, -0.05) is 18.2 Å². The highest BCUT2D eigenvalue weighted by molar-refractivity contribution is 7.86. The molecule has 0 fully saturated rings. The van der Waals surface area contributed by atoms with E-state index in [1.54, 1.807) is 36.4 Å². The molecule has 38 heavy (non-hydrogen) atoms. The molecule has 3 rings (SSSR count). The molecule has 12 nitrogen and oxygen atoms in total. The number of hydrogen-bond acceptors (Lipinski definition) is 10. The lowest BCUT2D eigenvalue weighted by molar-refractivity contribution is -0.384. The summed E-state index contributed by atoms with van der Waals surface area (Å²) in [6.07, 6.45) is 0. The number of azo groups is 1. The highest BCUT2D eigenvalue weighted by Gasteiger charge is 2.16. The summed E-state index contributed by atoms with van der Waals surface area (Å²) < 4.78 is 35.2. The van der Waals surface area contributed by atoms with Crippen molar-refractivity contribution in [3.05, 3.63) is 76.8 Å². The Balaban J connectivity index is 1.80. The number of anilines is 2. The molecule has 0 saturated heterocycles. The molecule has 0 saturated carbocycles. The third-order valence-corrected chi connectivity index (χ3v) is 6.64. The maximum atomic E-state index is 12.4. The number of benzene rings is 3. The second kappa shape index (κ2) is 12.7. The van der Waals surface area contributed by atoms with Crippen molar-refractivity contribution in [2.75, 3.05) is 37.0 Å². The Hall–Kier alpha value is -4.36. The van der Waals surface area contributed by atoms with Crippen LogP contribution in [-0.2, 0) is 19.1 Å². The van der Waals surface area contributed by atoms with Crippen LogP contribution >= 0.6 is 0 Å². The zero-order chi connectivity index (χ0) is 27.7. The van der Waals surface area contributed by atoms with Crippen LogP contribution in [0.15, 0.2) is 81.9 Å². The third-order valence-electron chi connectivity index (χ3n) is 5.31. The summed E-state index contributed by atoms with van der Waals surface area (Å²) >= 11 is 0. The number of non-ortho nitro benzene ring substituents is 1. The number of carbonyl (C=O) groups excluding carboxylic acids is 1. The number of amides is 1. The molecule has 200 valence electrons. The maximum Gasteiger partial charge on any atom is 0.297 e. The van der Waals surface area contributed by atoms with Gasteiger partial charge in [-0.15, -0.1) is 10.2 Å². The Bertz CT molecular complexity index is 1430. The largest absolute Gasteiger partial charge is 0.494 e. The van der Waals surface area contributed by atoms with Crippen molar-refractivity contribution in [1.82, 2.24) is 0 Å². The van der Waals surface area contributed by atoms with Crippen molar-refractivity contribution >= 4 is 44.5 Å². The van der Waals surface area contributed by atoms with Crippen LogP contribution in [0.4, 0.5) is 28.4 Å². The van der Waals surface area contributed by atoms with E-state index < -0.39 is 15.0 Å². The average Bonchev–Trinajstić information content (AvgIpc) is 2.90. The van der Waals surface area contributed by atoms with Gasteiger partial charge in [0.05, 0.1) is 35.3 Å². The van der Waals surface area contributed by atoms with Gasteiger partial charge in [0.1, 0.15) is 11.4 Å². The van der Waals surface area contributed by atoms with Gasteiger partial charge in [-0.3, -0.25) is 19.1 Å². The van der Waals surface area contributed by atoms with Gasteiger partial charge in [-0.25, -0.2) is 0 Å². The van der Waals surface area contributed by atoms with E-state index in [1.165, 1.54) is 44.4 Å². The number of nitrogens with zero attached hydrogens (tertiary/aromatic N) is 4. The molecule has 3 aromatic rings. The number of nitrogens with one attached hydrogen (secondary N) is 1. The second-order valence-electron chi connectivity index (χ2n) is 7.86. The van der Waals surface area contributed by atoms with E-state index in [9.17, 15) is 23.3 Å². The van der Waals surface area contributed by atoms with Gasteiger partial charge in [-0.05, 0) is 43.3 Å². The van der Waals surface area contributed by atoms with E-state index in [0.29, 0.717) is 23.6 Å². The summed E-state index contributed by atoms with van der Waals surface area (Å²) in [4.78, 5) is 24.3. The van der Waals surface area contributed by atoms with Gasteiger partial charge in [0, 0.05) is 31.8 Å². The summed E-state index contributed by atoms with van der Waals surface area (Å²) in [6, 6.07) is 16.9. The highest BCUT2D eigenvalue weighted by atomic mass is 32.2. The van der Waals surface area contributed by atoms with Crippen LogP contribution in [0, 0.1) is 10.1 Å². The Morgan fingerprint density at radius 3 is 2.37 bits per heavy atom. The second-order valence-corrected chi connectivity index (χ2v) is 9.48. The fourth-order valence-corrected chi connectivity index (χ4v) is 4.37. The number of carbonyl (C=O) groups is 1. The molecule has 1 N–H and O–H groups in total. The van der Waals surface area contributed by atoms with Crippen LogP contribution < -0.4 is 15.0 Å². The first-order chi connectivity index (χ1) is 18.1. The molecule has 0 radical (unpaired) electrons. The summed E-state index contributed by atoms with van der Waals surface area (Å²) in [5.41, 5.74) is 1.52. The van der Waals surface area contributed by atoms with E-state index in [0.717, 1.165) is 0 Å². The van der Waals surface area contributed by atoms with Crippen molar-refractivity contribution in [2.45, 2.75) is 18.7 Å². The first-order valence-electron chi connectivity index (χ1n) is 11.5. The molecule has 0 aromatic heterocycles. The standard InChI is InChI=1S/C25H27N5O7S/c1-4-29(14-15-37-38(34,35)21-8-6-5-7-9-21)19-10-12-22(24(16-19)26-18(2)31)27-28-23-13-11-20(30(32)33)17-25(23)36-3/h5-13,16-17H,4,14-15H2,1-3H3,(H,26,31). The van der Waals surface area contributed by atoms with Gasteiger partial charge in [0.15, 0.2) is 5.75 Å². The van der Waals surface area contributed by atoms with Gasteiger partial charge < -0.3 is 15.0 Å². The fourth-order valence-electron chi connectivity index (χ4n) is 3.45. The topological polar surface area (TPSA) is 153 Å². The quantitative estimate of drug-likeness (QED) is 0.142. The van der Waals surface area contributed by atoms with Gasteiger partial charge in [0.2, 0.25) is 5.91 Å². The number of rotatable bonds is 12. The summed E-state index contributed by atoms with van der Waals surface area (Å²) in [5.74, 6) is -0.157. The molecular weight excluding hydrogens is 514 g/mol. The lowest BCUT2D eigenvalue weighted by Gasteiger charge is -2.24. The minimum absolute atomic E-state index is 0.0790. The Labute approximate surface area is 220 Å². The van der Waals surface area contributed by atoms with E-state index in [1.807, 2.05) is 11.8 Å². The number of likely N-dealkylation sites (N-methyl/N-ethyl adjacent to an activating group) is 1. The van der Waals surface area contributed by atoms with Crippen molar-refractivity contribution in [2.24, 2.45) is 10.2 Å². The first kappa shape index (κ1) is 28.2. The number of nitro benzene ring substituents is 1. The van der Waals surface area contributed by atoms with Crippen LogP contribution in [0.2, 0.25) is 0 Å². The molecule has 0 aliphatic heterocycles. The molecule has 0 unspecified atom stereocenters. The molecule has 0 aliphatic rings. The van der Waals surface area contributed by atoms with Gasteiger partial charge in [-0.2, -0.15) is 8.42 Å². The van der Waals surface area contributed by atoms with Gasteiger partial charge >= 0.3 is 0 Å². The van der Waals surface area contributed by atoms with E-state index in [4.69, 9.17) is 8.92 Å². The number of nitro groups is 1. The third kappa shape index (κ3) is 7.33. The predicted molar refractivity (Wildman–Crippen MR) is 142 cm³/mol. The van der Waals surface area contributed by atoms with E-state index in [2.05, 4.69) is 15.5 Å². The molecule has 1 amide bonds. The Morgan fingerprint density at radius 1 is 1.05 bits per heavy atom. The van der Waals surface area contributed by atoms with Crippen molar-refractivity contribution in [3.63, 3.8) is 0 Å². The summed E-state index contributed by atoms with van der Waals surface area (Å²) in [6.45, 7) is 3.98. The first-order valence-corrected chi connectivity index (χ1v) is 12.9. The maximum absolute atomic E-state index is 12.4. The van der Waals surface area contributed by atoms with Crippen LogP contribution in [0.3, 0.4) is 0 Å². The van der Waals surface area contributed by atoms with Crippen LogP contribution in [-0.4, -0.2) is 46.1 Å². The molecule has 0 heterocycles. The molecule has 13 heteroatoms. The number of ether oxygens (including phenoxy) is 1. The van der Waals surface area contributed by atoms with Crippen LogP contribution in [0.5, 0.6) is 5.75 Å². The summed E-state index contributed by atoms with van der Waals surface area (Å²) in [7, 11) is -2.52. The number of hydrogen-bond donors (Lipinski definition) is 1. The van der Waals surface area contributed by atoms with Crippen molar-refractivity contribution < 1.29 is 27.1 Å². The average molecular weight is 542 g/mol. The minimum atomic E-state index is -3.88. The molecule has 0 bridgehead atoms. The molecule has 0 spiro atoms. The Morgan fingerprint density at radius 2 is 1.74 bits per heavy atom. The van der Waals surface area contributed by atoms with E-state index >= 15 is 0 Å². The smallest absolute Gasteiger partial charge is 0.297 e. The zero-order valence-corrected chi connectivity index (χ0v) is 21.8.